The van der Waals surface area contributed by atoms with Crippen LogP contribution in [-0.4, -0.2) is 38.9 Å². The fraction of sp³-hybridized carbons (Fsp3) is 0.160. The summed E-state index contributed by atoms with van der Waals surface area (Å²) >= 11 is 0. The molecule has 2 amide bonds. The van der Waals surface area contributed by atoms with E-state index in [-0.39, 0.29) is 10.8 Å². The van der Waals surface area contributed by atoms with Crippen LogP contribution in [0.2, 0.25) is 0 Å². The lowest BCUT2D eigenvalue weighted by atomic mass is 10.0. The lowest BCUT2D eigenvalue weighted by molar-refractivity contribution is -0.151. The van der Waals surface area contributed by atoms with Crippen molar-refractivity contribution in [3.8, 4) is 11.1 Å². The highest BCUT2D eigenvalue weighted by Gasteiger charge is 2.21. The van der Waals surface area contributed by atoms with Crippen LogP contribution in [-0.2, 0) is 29.1 Å². The number of hydrogen-bond acceptors (Lipinski definition) is 6. The van der Waals surface area contributed by atoms with Gasteiger partial charge < -0.3 is 15.4 Å². The van der Waals surface area contributed by atoms with Gasteiger partial charge in [0.2, 0.25) is 15.9 Å². The number of carbonyl (C=O) groups excluding carboxylic acids is 3. The Kier molecular flexibility index (Phi) is 8.34. The molecule has 0 bridgehead atoms. The lowest BCUT2D eigenvalue weighted by Crippen LogP contribution is -2.35. The topological polar surface area (TPSA) is 131 Å². The van der Waals surface area contributed by atoms with Crippen molar-refractivity contribution < 1.29 is 27.5 Å². The number of anilines is 2. The minimum absolute atomic E-state index is 0.0947. The summed E-state index contributed by atoms with van der Waals surface area (Å²) in [5.41, 5.74) is 2.70. The standard InChI is InChI=1S/C25H25N3O6S/c1-17(25(31)28-23-11-7-6-10-22(23)19-8-4-3-5-9-19)34-24(30)16-26-35(32,33)21-14-12-20(13-15-21)27-18(2)29/h3-15,17,26H,16H2,1-2H3,(H,27,29)(H,28,31). The molecule has 0 aliphatic heterocycles. The van der Waals surface area contributed by atoms with E-state index in [9.17, 15) is 22.8 Å². The van der Waals surface area contributed by atoms with E-state index in [0.717, 1.165) is 11.1 Å². The van der Waals surface area contributed by atoms with E-state index in [0.29, 0.717) is 11.4 Å². The largest absolute Gasteiger partial charge is 0.452 e. The number of ether oxygens (including phenoxy) is 1. The first-order valence-electron chi connectivity index (χ1n) is 10.7. The summed E-state index contributed by atoms with van der Waals surface area (Å²) in [6.45, 7) is 2.07. The molecule has 0 heterocycles. The molecule has 9 nitrogen and oxygen atoms in total. The first-order valence-corrected chi connectivity index (χ1v) is 12.2. The second kappa shape index (κ2) is 11.4. The Morgan fingerprint density at radius 1 is 0.857 bits per heavy atom. The third-order valence-corrected chi connectivity index (χ3v) is 6.26. The van der Waals surface area contributed by atoms with Crippen molar-refractivity contribution in [1.82, 2.24) is 4.72 Å². The molecule has 3 N–H and O–H groups in total. The highest BCUT2D eigenvalue weighted by molar-refractivity contribution is 7.89. The van der Waals surface area contributed by atoms with E-state index in [1.165, 1.54) is 38.1 Å². The van der Waals surface area contributed by atoms with E-state index < -0.39 is 34.5 Å². The molecule has 1 atom stereocenters. The Morgan fingerprint density at radius 3 is 2.14 bits per heavy atom. The molecular weight excluding hydrogens is 470 g/mol. The van der Waals surface area contributed by atoms with Crippen molar-refractivity contribution in [3.05, 3.63) is 78.9 Å². The molecule has 0 spiro atoms. The Balaban J connectivity index is 1.56. The van der Waals surface area contributed by atoms with Crippen LogP contribution in [0.1, 0.15) is 13.8 Å². The van der Waals surface area contributed by atoms with E-state index in [1.807, 2.05) is 42.5 Å². The molecule has 35 heavy (non-hydrogen) atoms. The van der Waals surface area contributed by atoms with Gasteiger partial charge in [-0.2, -0.15) is 4.72 Å². The molecule has 3 aromatic carbocycles. The predicted molar refractivity (Wildman–Crippen MR) is 132 cm³/mol. The average Bonchev–Trinajstić information content (AvgIpc) is 2.83. The summed E-state index contributed by atoms with van der Waals surface area (Å²) in [6.07, 6.45) is -1.16. The minimum atomic E-state index is -4.01. The first kappa shape index (κ1) is 25.6. The van der Waals surface area contributed by atoms with E-state index in [1.54, 1.807) is 12.1 Å². The van der Waals surface area contributed by atoms with E-state index >= 15 is 0 Å². The van der Waals surface area contributed by atoms with Crippen molar-refractivity contribution in [2.24, 2.45) is 0 Å². The Bertz CT molecular complexity index is 1310. The molecule has 10 heteroatoms. The molecule has 3 aromatic rings. The van der Waals surface area contributed by atoms with Crippen molar-refractivity contribution in [2.75, 3.05) is 17.2 Å². The van der Waals surface area contributed by atoms with Crippen molar-refractivity contribution in [3.63, 3.8) is 0 Å². The van der Waals surface area contributed by atoms with E-state index in [2.05, 4.69) is 15.4 Å². The molecule has 0 saturated carbocycles. The number of nitrogens with one attached hydrogen (secondary N) is 3. The summed E-state index contributed by atoms with van der Waals surface area (Å²) in [4.78, 5) is 35.8. The van der Waals surface area contributed by atoms with Gasteiger partial charge in [-0.05, 0) is 42.8 Å². The third kappa shape index (κ3) is 7.23. The second-order valence-electron chi connectivity index (χ2n) is 7.56. The number of hydrogen-bond donors (Lipinski definition) is 3. The first-order chi connectivity index (χ1) is 16.7. The number of benzene rings is 3. The number of para-hydroxylation sites is 1. The maximum absolute atomic E-state index is 12.6. The summed E-state index contributed by atoms with van der Waals surface area (Å²) in [6, 6.07) is 22.1. The number of esters is 1. The quantitative estimate of drug-likeness (QED) is 0.391. The average molecular weight is 496 g/mol. The fourth-order valence-electron chi connectivity index (χ4n) is 3.15. The van der Waals surface area contributed by atoms with Crippen molar-refractivity contribution >= 4 is 39.2 Å². The minimum Gasteiger partial charge on any atom is -0.452 e. The Hall–Kier alpha value is -4.02. The number of amides is 2. The summed E-state index contributed by atoms with van der Waals surface area (Å²) in [5.74, 6) is -1.76. The molecular formula is C25H25N3O6S. The third-order valence-electron chi connectivity index (χ3n) is 4.84. The van der Waals surface area contributed by atoms with Crippen LogP contribution in [0.15, 0.2) is 83.8 Å². The van der Waals surface area contributed by atoms with Crippen molar-refractivity contribution in [1.29, 1.82) is 0 Å². The molecule has 1 unspecified atom stereocenters. The molecule has 0 aliphatic carbocycles. The van der Waals surface area contributed by atoms with E-state index in [4.69, 9.17) is 4.74 Å². The highest BCUT2D eigenvalue weighted by Crippen LogP contribution is 2.27. The SMILES string of the molecule is CC(=O)Nc1ccc(S(=O)(=O)NCC(=O)OC(C)C(=O)Nc2ccccc2-c2ccccc2)cc1. The molecule has 182 valence electrons. The molecule has 3 rings (SSSR count). The van der Waals surface area contributed by atoms with Crippen molar-refractivity contribution in [2.45, 2.75) is 24.8 Å². The molecule has 0 radical (unpaired) electrons. The maximum atomic E-state index is 12.6. The van der Waals surface area contributed by atoms with Crippen LogP contribution in [0, 0.1) is 0 Å². The van der Waals surface area contributed by atoms with Crippen LogP contribution in [0.5, 0.6) is 0 Å². The van der Waals surface area contributed by atoms with Crippen LogP contribution < -0.4 is 15.4 Å². The van der Waals surface area contributed by atoms with Crippen LogP contribution in [0.3, 0.4) is 0 Å². The van der Waals surface area contributed by atoms with Crippen LogP contribution in [0.25, 0.3) is 11.1 Å². The van der Waals surface area contributed by atoms with Gasteiger partial charge in [0.15, 0.2) is 6.10 Å². The van der Waals surface area contributed by atoms with Gasteiger partial charge in [-0.1, -0.05) is 48.5 Å². The smallest absolute Gasteiger partial charge is 0.321 e. The maximum Gasteiger partial charge on any atom is 0.321 e. The highest BCUT2D eigenvalue weighted by atomic mass is 32.2. The molecule has 0 fully saturated rings. The zero-order valence-electron chi connectivity index (χ0n) is 19.1. The normalized spacial score (nSPS) is 11.8. The Morgan fingerprint density at radius 2 is 1.49 bits per heavy atom. The predicted octanol–water partition coefficient (Wildman–Crippen LogP) is 3.16. The summed E-state index contributed by atoms with van der Waals surface area (Å²) in [5, 5.41) is 5.28. The van der Waals surface area contributed by atoms with Gasteiger partial charge in [0.05, 0.1) is 4.90 Å². The zero-order valence-corrected chi connectivity index (χ0v) is 20.0. The van der Waals surface area contributed by atoms with Crippen LogP contribution >= 0.6 is 0 Å². The monoisotopic (exact) mass is 495 g/mol. The van der Waals surface area contributed by atoms with Gasteiger partial charge in [0.1, 0.15) is 6.54 Å². The second-order valence-corrected chi connectivity index (χ2v) is 9.33. The van der Waals surface area contributed by atoms with Gasteiger partial charge in [0.25, 0.3) is 5.91 Å². The summed E-state index contributed by atoms with van der Waals surface area (Å²) in [7, 11) is -4.01. The van der Waals surface area contributed by atoms with Gasteiger partial charge >= 0.3 is 5.97 Å². The molecule has 0 aliphatic rings. The van der Waals surface area contributed by atoms with Gasteiger partial charge in [-0.3, -0.25) is 14.4 Å². The van der Waals surface area contributed by atoms with Gasteiger partial charge in [0, 0.05) is 23.9 Å². The number of rotatable bonds is 9. The molecule has 0 saturated heterocycles. The summed E-state index contributed by atoms with van der Waals surface area (Å²) < 4.78 is 32.1. The van der Waals surface area contributed by atoms with Gasteiger partial charge in [-0.15, -0.1) is 0 Å². The fourth-order valence-corrected chi connectivity index (χ4v) is 4.12. The van der Waals surface area contributed by atoms with Gasteiger partial charge in [-0.25, -0.2) is 8.42 Å². The zero-order chi connectivity index (χ0) is 25.4. The number of carbonyl (C=O) groups is 3. The molecule has 0 aromatic heterocycles. The number of sulfonamides is 1. The lowest BCUT2D eigenvalue weighted by Gasteiger charge is -2.16. The Labute approximate surface area is 203 Å². The van der Waals surface area contributed by atoms with Crippen LogP contribution in [0.4, 0.5) is 11.4 Å².